The molecule has 5 rings (SSSR count). The Bertz CT molecular complexity index is 1940. The Morgan fingerprint density at radius 2 is 1.65 bits per heavy atom. The number of nitro groups is 1. The summed E-state index contributed by atoms with van der Waals surface area (Å²) in [5.74, 6) is -0.635. The van der Waals surface area contributed by atoms with Crippen LogP contribution in [-0.2, 0) is 13.2 Å². The molecule has 0 bridgehead atoms. The first-order chi connectivity index (χ1) is 23.1. The lowest BCUT2D eigenvalue weighted by molar-refractivity contribution is -0.386. The summed E-state index contributed by atoms with van der Waals surface area (Å²) in [7, 11) is 0. The molecule has 13 nitrogen and oxygen atoms in total. The Balaban J connectivity index is 1.20. The van der Waals surface area contributed by atoms with Gasteiger partial charge in [0.25, 0.3) is 0 Å². The molecular weight excluding hydrogens is 620 g/mol. The molecule has 2 N–H and O–H groups in total. The zero-order chi connectivity index (χ0) is 34.2. The minimum absolute atomic E-state index is 0.000720. The predicted molar refractivity (Wildman–Crippen MR) is 175 cm³/mol. The highest BCUT2D eigenvalue weighted by atomic mass is 16.6. The fourth-order valence-electron chi connectivity index (χ4n) is 4.84. The van der Waals surface area contributed by atoms with Crippen LogP contribution in [0.2, 0.25) is 0 Å². The largest absolute Gasteiger partial charge is 0.490 e. The van der Waals surface area contributed by atoms with Gasteiger partial charge < -0.3 is 28.3 Å². The smallest absolute Gasteiger partial charge is 0.335 e. The molecule has 0 saturated heterocycles. The summed E-state index contributed by atoms with van der Waals surface area (Å²) in [6.07, 6.45) is 1.23. The van der Waals surface area contributed by atoms with Crippen molar-refractivity contribution in [2.24, 2.45) is 5.10 Å². The van der Waals surface area contributed by atoms with E-state index in [2.05, 4.69) is 27.2 Å². The molecule has 0 aliphatic rings. The van der Waals surface area contributed by atoms with Crippen molar-refractivity contribution in [1.82, 2.24) is 9.99 Å². The van der Waals surface area contributed by atoms with Gasteiger partial charge in [0.1, 0.15) is 24.7 Å². The maximum atomic E-state index is 12.7. The number of carboxylic acids is 1. The SMILES string of the molecule is CCOc1cc(/C=N/NC(=O)c2ccc(COc3ccc(-n4c(C)ccc4C)cc3)o2)cc([N+](=O)[O-])c1OCc1ccc(C(=O)O)cc1. The zero-order valence-corrected chi connectivity index (χ0v) is 26.3. The number of aromatic nitrogens is 1. The van der Waals surface area contributed by atoms with Gasteiger partial charge in [-0.05, 0) is 93.1 Å². The molecule has 0 aliphatic heterocycles. The molecule has 0 radical (unpaired) electrons. The third kappa shape index (κ3) is 7.88. The number of nitro benzene ring substituents is 1. The van der Waals surface area contributed by atoms with E-state index in [9.17, 15) is 19.7 Å². The molecule has 0 unspecified atom stereocenters. The molecular formula is C35H32N4O9. The van der Waals surface area contributed by atoms with Crippen LogP contribution in [0.5, 0.6) is 17.2 Å². The van der Waals surface area contributed by atoms with Crippen LogP contribution < -0.4 is 19.6 Å². The van der Waals surface area contributed by atoms with Gasteiger partial charge in [-0.1, -0.05) is 12.1 Å². The third-order valence-corrected chi connectivity index (χ3v) is 7.15. The van der Waals surface area contributed by atoms with Crippen LogP contribution in [0.25, 0.3) is 5.69 Å². The maximum Gasteiger partial charge on any atom is 0.335 e. The van der Waals surface area contributed by atoms with Crippen LogP contribution in [0, 0.1) is 24.0 Å². The van der Waals surface area contributed by atoms with E-state index in [0.29, 0.717) is 17.1 Å². The number of furan rings is 1. The average Bonchev–Trinajstić information content (AvgIpc) is 3.69. The maximum absolute atomic E-state index is 12.7. The lowest BCUT2D eigenvalue weighted by Crippen LogP contribution is -2.16. The normalized spacial score (nSPS) is 11.0. The van der Waals surface area contributed by atoms with Gasteiger partial charge in [-0.2, -0.15) is 5.10 Å². The van der Waals surface area contributed by atoms with Gasteiger partial charge in [0.15, 0.2) is 11.5 Å². The molecule has 0 fully saturated rings. The molecule has 0 atom stereocenters. The lowest BCUT2D eigenvalue weighted by atomic mass is 10.1. The average molecular weight is 653 g/mol. The van der Waals surface area contributed by atoms with Gasteiger partial charge in [-0.25, -0.2) is 10.2 Å². The predicted octanol–water partition coefficient (Wildman–Crippen LogP) is 6.61. The van der Waals surface area contributed by atoms with Crippen molar-refractivity contribution in [3.63, 3.8) is 0 Å². The molecule has 2 aromatic heterocycles. The van der Waals surface area contributed by atoms with E-state index in [4.69, 9.17) is 23.7 Å². The summed E-state index contributed by atoms with van der Waals surface area (Å²) in [5.41, 5.74) is 6.23. The Morgan fingerprint density at radius 1 is 0.938 bits per heavy atom. The molecule has 2 heterocycles. The van der Waals surface area contributed by atoms with E-state index in [0.717, 1.165) is 17.1 Å². The minimum Gasteiger partial charge on any atom is -0.490 e. The Kier molecular flexibility index (Phi) is 10.2. The number of amides is 1. The summed E-state index contributed by atoms with van der Waals surface area (Å²) in [5, 5.41) is 24.9. The fraction of sp³-hybridized carbons (Fsp3) is 0.171. The van der Waals surface area contributed by atoms with Crippen LogP contribution in [0.15, 0.2) is 94.4 Å². The minimum atomic E-state index is -1.07. The second kappa shape index (κ2) is 14.8. The van der Waals surface area contributed by atoms with Crippen LogP contribution in [-0.4, -0.2) is 39.3 Å². The Morgan fingerprint density at radius 3 is 2.29 bits per heavy atom. The van der Waals surface area contributed by atoms with E-state index in [-0.39, 0.29) is 53.9 Å². The number of hydrogen-bond acceptors (Lipinski definition) is 9. The lowest BCUT2D eigenvalue weighted by Gasteiger charge is -2.13. The van der Waals surface area contributed by atoms with E-state index in [1.165, 1.54) is 36.5 Å². The molecule has 13 heteroatoms. The number of nitrogens with zero attached hydrogens (tertiary/aromatic N) is 3. The van der Waals surface area contributed by atoms with Crippen molar-refractivity contribution in [2.45, 2.75) is 34.0 Å². The van der Waals surface area contributed by atoms with E-state index in [1.807, 2.05) is 38.1 Å². The highest BCUT2D eigenvalue weighted by Gasteiger charge is 2.23. The topological polar surface area (TPSA) is 168 Å². The van der Waals surface area contributed by atoms with E-state index >= 15 is 0 Å². The van der Waals surface area contributed by atoms with Crippen molar-refractivity contribution >= 4 is 23.8 Å². The van der Waals surface area contributed by atoms with Crippen LogP contribution >= 0.6 is 0 Å². The number of rotatable bonds is 14. The number of benzene rings is 3. The fourth-order valence-corrected chi connectivity index (χ4v) is 4.84. The van der Waals surface area contributed by atoms with E-state index < -0.39 is 16.8 Å². The molecule has 0 spiro atoms. The highest BCUT2D eigenvalue weighted by molar-refractivity contribution is 5.92. The number of aryl methyl sites for hydroxylation is 2. The molecule has 3 aromatic carbocycles. The quantitative estimate of drug-likeness (QED) is 0.0761. The number of ether oxygens (including phenoxy) is 3. The first-order valence-corrected chi connectivity index (χ1v) is 14.8. The first kappa shape index (κ1) is 33.0. The molecule has 246 valence electrons. The van der Waals surface area contributed by atoms with Crippen molar-refractivity contribution in [1.29, 1.82) is 0 Å². The first-order valence-electron chi connectivity index (χ1n) is 14.8. The molecule has 1 amide bonds. The summed E-state index contributed by atoms with van der Waals surface area (Å²) in [6.45, 7) is 6.03. The molecule has 0 aliphatic carbocycles. The van der Waals surface area contributed by atoms with Crippen molar-refractivity contribution in [3.05, 3.63) is 135 Å². The van der Waals surface area contributed by atoms with Crippen molar-refractivity contribution < 1.29 is 38.2 Å². The summed E-state index contributed by atoms with van der Waals surface area (Å²) in [6, 6.07) is 23.5. The standard InChI is InChI=1S/C35H32N4O9/c1-4-45-32-18-25(17-30(39(43)44)33(32)47-20-24-7-9-26(10-8-24)35(41)42)19-36-37-34(40)31-16-15-29(48-31)21-46-28-13-11-27(12-14-28)38-22(2)5-6-23(38)3/h5-19H,4,20-21H2,1-3H3,(H,37,40)(H,41,42)/b36-19+. The van der Waals surface area contributed by atoms with E-state index in [1.54, 1.807) is 25.1 Å². The number of aromatic carboxylic acids is 1. The van der Waals surface area contributed by atoms with Crippen molar-refractivity contribution in [3.8, 4) is 22.9 Å². The zero-order valence-electron chi connectivity index (χ0n) is 26.3. The number of hydrogen-bond donors (Lipinski definition) is 2. The van der Waals surface area contributed by atoms with Crippen LogP contribution in [0.4, 0.5) is 5.69 Å². The second-order valence-electron chi connectivity index (χ2n) is 10.5. The number of carboxylic acid groups (broad SMARTS) is 1. The number of nitrogens with one attached hydrogen (secondary N) is 1. The van der Waals surface area contributed by atoms with Crippen molar-refractivity contribution in [2.75, 3.05) is 6.61 Å². The summed E-state index contributed by atoms with van der Waals surface area (Å²) < 4.78 is 24.9. The summed E-state index contributed by atoms with van der Waals surface area (Å²) >= 11 is 0. The number of hydrazone groups is 1. The van der Waals surface area contributed by atoms with Gasteiger partial charge in [0.2, 0.25) is 5.75 Å². The highest BCUT2D eigenvalue weighted by Crippen LogP contribution is 2.39. The van der Waals surface area contributed by atoms with Gasteiger partial charge in [-0.15, -0.1) is 0 Å². The molecule has 48 heavy (non-hydrogen) atoms. The van der Waals surface area contributed by atoms with Gasteiger partial charge in [0.05, 0.1) is 23.3 Å². The molecule has 0 saturated carbocycles. The van der Waals surface area contributed by atoms with Crippen LogP contribution in [0.3, 0.4) is 0 Å². The Hall–Kier alpha value is -6.37. The summed E-state index contributed by atoms with van der Waals surface area (Å²) in [4.78, 5) is 35.1. The monoisotopic (exact) mass is 652 g/mol. The van der Waals surface area contributed by atoms with Gasteiger partial charge in [0, 0.05) is 28.7 Å². The Labute approximate surface area is 275 Å². The molecule has 5 aromatic rings. The number of carbonyl (C=O) groups is 2. The van der Waals surface area contributed by atoms with Gasteiger partial charge in [-0.3, -0.25) is 14.9 Å². The number of carbonyl (C=O) groups excluding carboxylic acids is 1. The second-order valence-corrected chi connectivity index (χ2v) is 10.5. The third-order valence-electron chi connectivity index (χ3n) is 7.15. The van der Waals surface area contributed by atoms with Crippen LogP contribution in [0.1, 0.15) is 56.1 Å². The van der Waals surface area contributed by atoms with Gasteiger partial charge >= 0.3 is 17.6 Å².